The summed E-state index contributed by atoms with van der Waals surface area (Å²) < 4.78 is 12.1. The third kappa shape index (κ3) is 4.02. The predicted molar refractivity (Wildman–Crippen MR) is 123 cm³/mol. The summed E-state index contributed by atoms with van der Waals surface area (Å²) in [6, 6.07) is 19.1. The highest BCUT2D eigenvalue weighted by molar-refractivity contribution is 7.98. The summed E-state index contributed by atoms with van der Waals surface area (Å²) >= 11 is 1.31. The highest BCUT2D eigenvalue weighted by atomic mass is 32.2. The number of hydrogen-bond donors (Lipinski definition) is 0. The fourth-order valence-electron chi connectivity index (χ4n) is 3.35. The minimum absolute atomic E-state index is 0.112. The molecular weight excluding hydrogens is 430 g/mol. The SMILES string of the molecule is COc1ccccc1-n1c(SCc2ccc(OC)c([N+](=O)[O-])c2)nc2ccccc2c1=O. The molecule has 0 radical (unpaired) electrons. The van der Waals surface area contributed by atoms with Crippen LogP contribution in [0.25, 0.3) is 16.6 Å². The van der Waals surface area contributed by atoms with Crippen molar-refractivity contribution in [2.75, 3.05) is 14.2 Å². The number of benzene rings is 3. The number of nitrogens with zero attached hydrogens (tertiary/aromatic N) is 3. The predicted octanol–water partition coefficient (Wildman–Crippen LogP) is 4.60. The molecule has 0 aliphatic carbocycles. The molecule has 0 fully saturated rings. The Kier molecular flexibility index (Phi) is 6.09. The fourth-order valence-corrected chi connectivity index (χ4v) is 4.30. The summed E-state index contributed by atoms with van der Waals surface area (Å²) in [4.78, 5) is 29.0. The van der Waals surface area contributed by atoms with Gasteiger partial charge in [0.2, 0.25) is 0 Å². The van der Waals surface area contributed by atoms with Crippen molar-refractivity contribution < 1.29 is 14.4 Å². The molecule has 0 unspecified atom stereocenters. The Morgan fingerprint density at radius 3 is 2.47 bits per heavy atom. The van der Waals surface area contributed by atoms with Gasteiger partial charge in [-0.2, -0.15) is 0 Å². The van der Waals surface area contributed by atoms with Gasteiger partial charge in [-0.15, -0.1) is 0 Å². The van der Waals surface area contributed by atoms with Crippen molar-refractivity contribution in [1.29, 1.82) is 0 Å². The average Bonchev–Trinajstić information content (AvgIpc) is 2.82. The highest BCUT2D eigenvalue weighted by Gasteiger charge is 2.18. The van der Waals surface area contributed by atoms with Crippen molar-refractivity contribution in [2.24, 2.45) is 0 Å². The van der Waals surface area contributed by atoms with Gasteiger partial charge in [-0.3, -0.25) is 19.5 Å². The summed E-state index contributed by atoms with van der Waals surface area (Å²) in [5.41, 5.74) is 1.52. The molecular formula is C23H19N3O5S. The molecule has 0 atom stereocenters. The van der Waals surface area contributed by atoms with Gasteiger partial charge in [0, 0.05) is 11.8 Å². The van der Waals surface area contributed by atoms with E-state index in [0.29, 0.717) is 38.8 Å². The van der Waals surface area contributed by atoms with E-state index in [0.717, 1.165) is 0 Å². The van der Waals surface area contributed by atoms with Crippen molar-refractivity contribution in [3.05, 3.63) is 92.8 Å². The number of aromatic nitrogens is 2. The van der Waals surface area contributed by atoms with Gasteiger partial charge in [-0.05, 0) is 35.9 Å². The molecule has 0 spiro atoms. The molecule has 1 heterocycles. The van der Waals surface area contributed by atoms with Gasteiger partial charge in [0.05, 0.1) is 35.7 Å². The second-order valence-corrected chi connectivity index (χ2v) is 7.72. The molecule has 0 saturated carbocycles. The second kappa shape index (κ2) is 9.11. The van der Waals surface area contributed by atoms with Crippen molar-refractivity contribution >= 4 is 28.4 Å². The topological polar surface area (TPSA) is 96.5 Å². The van der Waals surface area contributed by atoms with E-state index in [2.05, 4.69) is 0 Å². The van der Waals surface area contributed by atoms with E-state index < -0.39 is 4.92 Å². The highest BCUT2D eigenvalue weighted by Crippen LogP contribution is 2.32. The van der Waals surface area contributed by atoms with Crippen LogP contribution in [-0.2, 0) is 5.75 Å². The fraction of sp³-hybridized carbons (Fsp3) is 0.130. The number of fused-ring (bicyclic) bond motifs is 1. The molecule has 162 valence electrons. The van der Waals surface area contributed by atoms with Crippen LogP contribution in [0, 0.1) is 10.1 Å². The molecule has 32 heavy (non-hydrogen) atoms. The van der Waals surface area contributed by atoms with E-state index in [1.54, 1.807) is 49.6 Å². The molecule has 4 aromatic rings. The third-order valence-electron chi connectivity index (χ3n) is 4.88. The molecule has 8 nitrogen and oxygen atoms in total. The Balaban J connectivity index is 1.81. The first-order valence-corrected chi connectivity index (χ1v) is 10.6. The minimum atomic E-state index is -0.480. The van der Waals surface area contributed by atoms with Gasteiger partial charge in [0.15, 0.2) is 10.9 Å². The molecule has 3 aromatic carbocycles. The van der Waals surface area contributed by atoms with Crippen molar-refractivity contribution in [2.45, 2.75) is 10.9 Å². The Morgan fingerprint density at radius 2 is 1.72 bits per heavy atom. The first-order valence-electron chi connectivity index (χ1n) is 9.62. The van der Waals surface area contributed by atoms with Gasteiger partial charge in [-0.1, -0.05) is 42.1 Å². The number of nitro benzene ring substituents is 1. The van der Waals surface area contributed by atoms with Crippen LogP contribution in [0.3, 0.4) is 0 Å². The molecule has 0 saturated heterocycles. The van der Waals surface area contributed by atoms with Crippen LogP contribution in [0.1, 0.15) is 5.56 Å². The van der Waals surface area contributed by atoms with Crippen molar-refractivity contribution in [3.63, 3.8) is 0 Å². The van der Waals surface area contributed by atoms with Crippen LogP contribution in [0.15, 0.2) is 76.7 Å². The maximum atomic E-state index is 13.4. The lowest BCUT2D eigenvalue weighted by molar-refractivity contribution is -0.385. The van der Waals surface area contributed by atoms with Gasteiger partial charge in [0.25, 0.3) is 5.56 Å². The van der Waals surface area contributed by atoms with Gasteiger partial charge < -0.3 is 9.47 Å². The zero-order valence-electron chi connectivity index (χ0n) is 17.3. The van der Waals surface area contributed by atoms with Crippen molar-refractivity contribution in [3.8, 4) is 17.2 Å². The Hall–Kier alpha value is -3.85. The normalized spacial score (nSPS) is 10.8. The van der Waals surface area contributed by atoms with Crippen LogP contribution >= 0.6 is 11.8 Å². The van der Waals surface area contributed by atoms with Gasteiger partial charge in [-0.25, -0.2) is 4.98 Å². The second-order valence-electron chi connectivity index (χ2n) is 6.78. The van der Waals surface area contributed by atoms with E-state index in [4.69, 9.17) is 14.5 Å². The van der Waals surface area contributed by atoms with E-state index in [9.17, 15) is 14.9 Å². The van der Waals surface area contributed by atoms with Gasteiger partial charge in [0.1, 0.15) is 5.75 Å². The van der Waals surface area contributed by atoms with E-state index in [-0.39, 0.29) is 17.0 Å². The lowest BCUT2D eigenvalue weighted by Gasteiger charge is -2.15. The third-order valence-corrected chi connectivity index (χ3v) is 5.89. The van der Waals surface area contributed by atoms with Gasteiger partial charge >= 0.3 is 5.69 Å². The maximum Gasteiger partial charge on any atom is 0.311 e. The van der Waals surface area contributed by atoms with E-state index >= 15 is 0 Å². The number of ether oxygens (including phenoxy) is 2. The van der Waals surface area contributed by atoms with E-state index in [1.165, 1.54) is 29.5 Å². The zero-order valence-corrected chi connectivity index (χ0v) is 18.2. The zero-order chi connectivity index (χ0) is 22.7. The van der Waals surface area contributed by atoms with Crippen molar-refractivity contribution in [1.82, 2.24) is 9.55 Å². The lowest BCUT2D eigenvalue weighted by Crippen LogP contribution is -2.22. The molecule has 9 heteroatoms. The Morgan fingerprint density at radius 1 is 1.00 bits per heavy atom. The first-order chi connectivity index (χ1) is 15.5. The first kappa shape index (κ1) is 21.4. The van der Waals surface area contributed by atoms with Crippen LogP contribution in [0.4, 0.5) is 5.69 Å². The Bertz CT molecular complexity index is 1370. The van der Waals surface area contributed by atoms with E-state index in [1.807, 2.05) is 18.2 Å². The summed E-state index contributed by atoms with van der Waals surface area (Å²) in [5, 5.41) is 12.3. The lowest BCUT2D eigenvalue weighted by atomic mass is 10.2. The molecule has 0 amide bonds. The number of para-hydroxylation sites is 3. The smallest absolute Gasteiger partial charge is 0.311 e. The number of rotatable bonds is 7. The number of thioether (sulfide) groups is 1. The quantitative estimate of drug-likeness (QED) is 0.176. The van der Waals surface area contributed by atoms with Crippen LogP contribution < -0.4 is 15.0 Å². The number of hydrogen-bond acceptors (Lipinski definition) is 7. The standard InChI is InChI=1S/C23H19N3O5S/c1-30-20-10-6-5-9-18(20)25-22(27)16-7-3-4-8-17(16)24-23(25)32-14-15-11-12-21(31-2)19(13-15)26(28)29/h3-13H,14H2,1-2H3. The number of nitro groups is 1. The largest absolute Gasteiger partial charge is 0.495 e. The van der Waals surface area contributed by atoms with Crippen LogP contribution in [0.5, 0.6) is 11.5 Å². The molecule has 0 bridgehead atoms. The molecule has 1 aromatic heterocycles. The summed E-state index contributed by atoms with van der Waals surface area (Å²) in [6.07, 6.45) is 0. The minimum Gasteiger partial charge on any atom is -0.495 e. The summed E-state index contributed by atoms with van der Waals surface area (Å²) in [6.45, 7) is 0. The molecule has 4 rings (SSSR count). The molecule has 0 aliphatic heterocycles. The monoisotopic (exact) mass is 449 g/mol. The van der Waals surface area contributed by atoms with Crippen LogP contribution in [-0.4, -0.2) is 28.7 Å². The Labute approximate surface area is 187 Å². The molecule has 0 aliphatic rings. The van der Waals surface area contributed by atoms with Crippen LogP contribution in [0.2, 0.25) is 0 Å². The molecule has 0 N–H and O–H groups in total. The maximum absolute atomic E-state index is 13.4. The average molecular weight is 449 g/mol. The number of methoxy groups -OCH3 is 2. The summed E-state index contributed by atoms with van der Waals surface area (Å²) in [7, 11) is 2.93. The summed E-state index contributed by atoms with van der Waals surface area (Å²) in [5.74, 6) is 1.09.